The quantitative estimate of drug-likeness (QED) is 0.721. The minimum atomic E-state index is -0.0381. The van der Waals surface area contributed by atoms with Gasteiger partial charge < -0.3 is 4.74 Å². The van der Waals surface area contributed by atoms with Gasteiger partial charge in [-0.25, -0.2) is 0 Å². The molecule has 1 aromatic carbocycles. The van der Waals surface area contributed by atoms with E-state index >= 15 is 0 Å². The first-order chi connectivity index (χ1) is 8.18. The molecule has 1 aliphatic heterocycles. The first kappa shape index (κ1) is 14.2. The predicted molar refractivity (Wildman–Crippen MR) is 74.3 cm³/mol. The SMILES string of the molecule is CCC.CCCC1(C)OCCc2ccccc21. The summed E-state index contributed by atoms with van der Waals surface area (Å²) in [6.45, 7) is 9.55. The summed E-state index contributed by atoms with van der Waals surface area (Å²) < 4.78 is 5.93. The average Bonchev–Trinajstić information content (AvgIpc) is 2.31. The van der Waals surface area contributed by atoms with Crippen molar-refractivity contribution in [3.8, 4) is 0 Å². The van der Waals surface area contributed by atoms with Gasteiger partial charge in [-0.2, -0.15) is 0 Å². The first-order valence-electron chi connectivity index (χ1n) is 6.90. The molecule has 0 aliphatic carbocycles. The fourth-order valence-electron chi connectivity index (χ4n) is 2.40. The van der Waals surface area contributed by atoms with Crippen LogP contribution < -0.4 is 0 Å². The molecule has 0 fully saturated rings. The molecule has 1 aromatic rings. The van der Waals surface area contributed by atoms with Crippen LogP contribution in [0.1, 0.15) is 58.1 Å². The van der Waals surface area contributed by atoms with Crippen LogP contribution in [0, 0.1) is 0 Å². The van der Waals surface area contributed by atoms with E-state index in [1.807, 2.05) is 0 Å². The van der Waals surface area contributed by atoms with Gasteiger partial charge in [-0.15, -0.1) is 0 Å². The molecule has 0 aromatic heterocycles. The van der Waals surface area contributed by atoms with Gasteiger partial charge in [0.15, 0.2) is 0 Å². The fourth-order valence-corrected chi connectivity index (χ4v) is 2.40. The van der Waals surface area contributed by atoms with Crippen molar-refractivity contribution in [1.29, 1.82) is 0 Å². The van der Waals surface area contributed by atoms with Gasteiger partial charge in [0.25, 0.3) is 0 Å². The van der Waals surface area contributed by atoms with Gasteiger partial charge in [-0.05, 0) is 30.9 Å². The maximum atomic E-state index is 5.93. The van der Waals surface area contributed by atoms with E-state index in [9.17, 15) is 0 Å². The maximum absolute atomic E-state index is 5.93. The zero-order valence-corrected chi connectivity index (χ0v) is 11.8. The molecule has 1 heterocycles. The van der Waals surface area contributed by atoms with Crippen LogP contribution in [0.3, 0.4) is 0 Å². The minimum absolute atomic E-state index is 0.0381. The highest BCUT2D eigenvalue weighted by Crippen LogP contribution is 2.36. The van der Waals surface area contributed by atoms with Crippen LogP contribution in [0.15, 0.2) is 24.3 Å². The molecule has 17 heavy (non-hydrogen) atoms. The number of fused-ring (bicyclic) bond motifs is 1. The molecule has 1 nitrogen and oxygen atoms in total. The van der Waals surface area contributed by atoms with Crippen molar-refractivity contribution < 1.29 is 4.74 Å². The lowest BCUT2D eigenvalue weighted by Crippen LogP contribution is -2.32. The van der Waals surface area contributed by atoms with Crippen LogP contribution in [0.5, 0.6) is 0 Å². The van der Waals surface area contributed by atoms with E-state index in [2.05, 4.69) is 52.0 Å². The van der Waals surface area contributed by atoms with Crippen LogP contribution in [0.25, 0.3) is 0 Å². The van der Waals surface area contributed by atoms with Crippen molar-refractivity contribution in [3.63, 3.8) is 0 Å². The Morgan fingerprint density at radius 3 is 2.47 bits per heavy atom. The number of hydrogen-bond donors (Lipinski definition) is 0. The Hall–Kier alpha value is -0.820. The van der Waals surface area contributed by atoms with Gasteiger partial charge in [0.05, 0.1) is 12.2 Å². The van der Waals surface area contributed by atoms with E-state index in [1.54, 1.807) is 0 Å². The molecule has 1 atom stereocenters. The molecule has 0 amide bonds. The third-order valence-corrected chi connectivity index (χ3v) is 3.11. The molecule has 96 valence electrons. The Labute approximate surface area is 106 Å². The largest absolute Gasteiger partial charge is 0.370 e. The van der Waals surface area contributed by atoms with Crippen LogP contribution in [0.2, 0.25) is 0 Å². The lowest BCUT2D eigenvalue weighted by Gasteiger charge is -2.36. The summed E-state index contributed by atoms with van der Waals surface area (Å²) >= 11 is 0. The Bertz CT molecular complexity index is 332. The molecule has 0 saturated carbocycles. The van der Waals surface area contributed by atoms with Gasteiger partial charge >= 0.3 is 0 Å². The van der Waals surface area contributed by atoms with Gasteiger partial charge in [0.1, 0.15) is 0 Å². The predicted octanol–water partition coefficient (Wildman–Crippen LogP) is 4.69. The van der Waals surface area contributed by atoms with Crippen molar-refractivity contribution in [2.24, 2.45) is 0 Å². The van der Waals surface area contributed by atoms with Crippen LogP contribution in [0.4, 0.5) is 0 Å². The lowest BCUT2D eigenvalue weighted by atomic mass is 9.85. The Kier molecular flexibility index (Phi) is 5.70. The summed E-state index contributed by atoms with van der Waals surface area (Å²) in [7, 11) is 0. The highest BCUT2D eigenvalue weighted by molar-refractivity contribution is 5.33. The number of hydrogen-bond acceptors (Lipinski definition) is 1. The van der Waals surface area contributed by atoms with E-state index in [4.69, 9.17) is 4.74 Å². The lowest BCUT2D eigenvalue weighted by molar-refractivity contribution is -0.0526. The molecular weight excluding hydrogens is 208 g/mol. The Morgan fingerprint density at radius 1 is 1.18 bits per heavy atom. The Morgan fingerprint density at radius 2 is 1.82 bits per heavy atom. The molecular formula is C16H26O. The van der Waals surface area contributed by atoms with Gasteiger partial charge in [0, 0.05) is 0 Å². The second-order valence-corrected chi connectivity index (χ2v) is 4.94. The van der Waals surface area contributed by atoms with E-state index in [-0.39, 0.29) is 5.60 Å². The van der Waals surface area contributed by atoms with Gasteiger partial charge in [-0.3, -0.25) is 0 Å². The smallest absolute Gasteiger partial charge is 0.0906 e. The number of ether oxygens (including phenoxy) is 1. The third kappa shape index (κ3) is 3.57. The van der Waals surface area contributed by atoms with Crippen molar-refractivity contribution in [2.75, 3.05) is 6.61 Å². The highest BCUT2D eigenvalue weighted by atomic mass is 16.5. The zero-order valence-electron chi connectivity index (χ0n) is 11.8. The van der Waals surface area contributed by atoms with Gasteiger partial charge in [0.2, 0.25) is 0 Å². The summed E-state index contributed by atoms with van der Waals surface area (Å²) in [6.07, 6.45) is 4.60. The molecule has 2 rings (SSSR count). The summed E-state index contributed by atoms with van der Waals surface area (Å²) in [5, 5.41) is 0. The van der Waals surface area contributed by atoms with Crippen molar-refractivity contribution >= 4 is 0 Å². The average molecular weight is 234 g/mol. The van der Waals surface area contributed by atoms with E-state index < -0.39 is 0 Å². The fraction of sp³-hybridized carbons (Fsp3) is 0.625. The van der Waals surface area contributed by atoms with Crippen molar-refractivity contribution in [2.45, 2.75) is 59.0 Å². The summed E-state index contributed by atoms with van der Waals surface area (Å²) in [5.41, 5.74) is 2.83. The number of rotatable bonds is 2. The topological polar surface area (TPSA) is 9.23 Å². The third-order valence-electron chi connectivity index (χ3n) is 3.11. The maximum Gasteiger partial charge on any atom is 0.0906 e. The van der Waals surface area contributed by atoms with E-state index in [1.165, 1.54) is 24.0 Å². The molecule has 1 unspecified atom stereocenters. The van der Waals surface area contributed by atoms with Crippen LogP contribution >= 0.6 is 0 Å². The first-order valence-corrected chi connectivity index (χ1v) is 6.90. The zero-order chi connectivity index (χ0) is 12.7. The molecule has 0 spiro atoms. The summed E-state index contributed by atoms with van der Waals surface area (Å²) in [6, 6.07) is 8.67. The summed E-state index contributed by atoms with van der Waals surface area (Å²) in [5.74, 6) is 0. The minimum Gasteiger partial charge on any atom is -0.370 e. The van der Waals surface area contributed by atoms with Crippen molar-refractivity contribution in [1.82, 2.24) is 0 Å². The molecule has 0 bridgehead atoms. The molecule has 1 heteroatoms. The number of benzene rings is 1. The van der Waals surface area contributed by atoms with Crippen molar-refractivity contribution in [3.05, 3.63) is 35.4 Å². The molecule has 1 aliphatic rings. The molecule has 0 saturated heterocycles. The van der Waals surface area contributed by atoms with Crippen LogP contribution in [-0.4, -0.2) is 6.61 Å². The Balaban J connectivity index is 0.000000437. The molecule has 0 radical (unpaired) electrons. The van der Waals surface area contributed by atoms with E-state index in [0.29, 0.717) is 0 Å². The second-order valence-electron chi connectivity index (χ2n) is 4.94. The summed E-state index contributed by atoms with van der Waals surface area (Å²) in [4.78, 5) is 0. The van der Waals surface area contributed by atoms with Gasteiger partial charge in [-0.1, -0.05) is 57.9 Å². The normalized spacial score (nSPS) is 22.4. The highest BCUT2D eigenvalue weighted by Gasteiger charge is 2.31. The van der Waals surface area contributed by atoms with E-state index in [0.717, 1.165) is 19.4 Å². The van der Waals surface area contributed by atoms with Crippen LogP contribution in [-0.2, 0) is 16.8 Å². The second kappa shape index (κ2) is 6.80. The monoisotopic (exact) mass is 234 g/mol. The standard InChI is InChI=1S/C13H18O.C3H8/c1-3-9-13(2)12-7-5-4-6-11(12)8-10-14-13;1-3-2/h4-7H,3,8-10H2,1-2H3;3H2,1-2H3. The molecule has 0 N–H and O–H groups in total.